The average Bonchev–Trinajstić information content (AvgIpc) is 3.07. The van der Waals surface area contributed by atoms with Gasteiger partial charge in [0, 0.05) is 33.8 Å². The number of esters is 4. The number of fused-ring (bicyclic) bond motifs is 1. The second-order valence-electron chi connectivity index (χ2n) is 12.7. The summed E-state index contributed by atoms with van der Waals surface area (Å²) >= 11 is 0. The van der Waals surface area contributed by atoms with Gasteiger partial charge in [-0.1, -0.05) is 37.3 Å². The first-order valence-electron chi connectivity index (χ1n) is 16.8. The topological polar surface area (TPSA) is 172 Å². The van der Waals surface area contributed by atoms with Crippen molar-refractivity contribution in [2.45, 2.75) is 104 Å². The van der Waals surface area contributed by atoms with Crippen molar-refractivity contribution in [2.24, 2.45) is 5.92 Å². The van der Waals surface area contributed by atoms with Crippen LogP contribution in [0.25, 0.3) is 11.0 Å². The summed E-state index contributed by atoms with van der Waals surface area (Å²) in [6.07, 6.45) is -3.56. The molecule has 0 radical (unpaired) electrons. The number of benzene rings is 2. The molecule has 0 unspecified atom stereocenters. The predicted molar refractivity (Wildman–Crippen MR) is 178 cm³/mol. The van der Waals surface area contributed by atoms with Crippen LogP contribution in [0.3, 0.4) is 0 Å². The fraction of sp³-hybridized carbons (Fsp3) is 0.486. The molecule has 0 amide bonds. The molecule has 14 heteroatoms. The summed E-state index contributed by atoms with van der Waals surface area (Å²) in [4.78, 5) is 61.7. The van der Waals surface area contributed by atoms with Crippen molar-refractivity contribution >= 4 is 34.8 Å². The Morgan fingerprint density at radius 2 is 1.39 bits per heavy atom. The van der Waals surface area contributed by atoms with Gasteiger partial charge < -0.3 is 42.3 Å². The van der Waals surface area contributed by atoms with Crippen molar-refractivity contribution in [1.82, 2.24) is 0 Å². The zero-order chi connectivity index (χ0) is 36.7. The second-order valence-corrected chi connectivity index (χ2v) is 12.7. The van der Waals surface area contributed by atoms with Gasteiger partial charge in [-0.05, 0) is 49.3 Å². The van der Waals surface area contributed by atoms with Crippen LogP contribution < -0.4 is 19.8 Å². The molecule has 0 spiro atoms. The van der Waals surface area contributed by atoms with Crippen molar-refractivity contribution in [1.29, 1.82) is 0 Å². The third-order valence-electron chi connectivity index (χ3n) is 8.47. The highest BCUT2D eigenvalue weighted by atomic mass is 16.7. The van der Waals surface area contributed by atoms with Crippen LogP contribution in [0.2, 0.25) is 0 Å². The van der Waals surface area contributed by atoms with Gasteiger partial charge in [-0.3, -0.25) is 19.2 Å². The predicted octanol–water partition coefficient (Wildman–Crippen LogP) is 4.79. The van der Waals surface area contributed by atoms with Crippen molar-refractivity contribution in [3.63, 3.8) is 0 Å². The van der Waals surface area contributed by atoms with Gasteiger partial charge in [0.15, 0.2) is 18.0 Å². The first-order valence-corrected chi connectivity index (χ1v) is 16.8. The maximum atomic E-state index is 13.5. The normalized spacial score (nSPS) is 24.5. The van der Waals surface area contributed by atoms with E-state index in [9.17, 15) is 24.0 Å². The first kappa shape index (κ1) is 37.2. The van der Waals surface area contributed by atoms with Crippen LogP contribution in [-0.4, -0.2) is 67.3 Å². The maximum absolute atomic E-state index is 13.5. The van der Waals surface area contributed by atoms with E-state index in [-0.39, 0.29) is 35.5 Å². The minimum absolute atomic E-state index is 0.0220. The number of hydrogen-bond donors (Lipinski definition) is 0. The fourth-order valence-corrected chi connectivity index (χ4v) is 6.12. The minimum Gasteiger partial charge on any atom is -0.484 e. The Morgan fingerprint density at radius 3 is 2.04 bits per heavy atom. The smallest absolute Gasteiger partial charge is 0.383 e. The molecule has 0 bridgehead atoms. The molecule has 2 fully saturated rings. The highest BCUT2D eigenvalue weighted by Crippen LogP contribution is 2.38. The number of hydrogen-bond acceptors (Lipinski definition) is 14. The van der Waals surface area contributed by atoms with E-state index in [1.54, 1.807) is 12.1 Å². The Balaban J connectivity index is 1.51. The molecule has 14 nitrogen and oxygen atoms in total. The van der Waals surface area contributed by atoms with Crippen molar-refractivity contribution in [3.05, 3.63) is 64.5 Å². The number of rotatable bonds is 12. The molecule has 1 saturated carbocycles. The monoisotopic (exact) mass is 710 g/mol. The third kappa shape index (κ3) is 9.78. The maximum Gasteiger partial charge on any atom is 0.383 e. The van der Waals surface area contributed by atoms with Crippen molar-refractivity contribution < 1.29 is 61.5 Å². The van der Waals surface area contributed by atoms with E-state index in [4.69, 9.17) is 42.3 Å². The molecule has 2 heterocycles. The number of carbonyl (C=O) groups is 4. The molecule has 5 atom stereocenters. The van der Waals surface area contributed by atoms with E-state index >= 15 is 0 Å². The van der Waals surface area contributed by atoms with Gasteiger partial charge in [0.05, 0.1) is 11.5 Å². The highest BCUT2D eigenvalue weighted by molar-refractivity contribution is 5.86. The number of ether oxygens (including phenoxy) is 8. The van der Waals surface area contributed by atoms with Crippen molar-refractivity contribution in [3.8, 4) is 17.2 Å². The summed E-state index contributed by atoms with van der Waals surface area (Å²) in [6, 6.07) is 14.1. The molecule has 1 aromatic heterocycles. The van der Waals surface area contributed by atoms with E-state index in [2.05, 4.69) is 6.92 Å². The van der Waals surface area contributed by atoms with Crippen molar-refractivity contribution in [2.75, 3.05) is 6.61 Å². The van der Waals surface area contributed by atoms with Gasteiger partial charge >= 0.3 is 29.5 Å². The van der Waals surface area contributed by atoms with Gasteiger partial charge in [-0.25, -0.2) is 4.79 Å². The van der Waals surface area contributed by atoms with Crippen LogP contribution in [-0.2, 0) is 49.5 Å². The molecule has 51 heavy (non-hydrogen) atoms. The second kappa shape index (κ2) is 16.7. The third-order valence-corrected chi connectivity index (χ3v) is 8.47. The van der Waals surface area contributed by atoms with Crippen LogP contribution in [0.15, 0.2) is 57.7 Å². The number of carbonyl (C=O) groups excluding carboxylic acids is 4. The summed E-state index contributed by atoms with van der Waals surface area (Å²) in [5, 5.41) is 0.429. The Morgan fingerprint density at radius 1 is 0.745 bits per heavy atom. The largest absolute Gasteiger partial charge is 0.484 e. The van der Waals surface area contributed by atoms with Crippen LogP contribution in [0, 0.1) is 5.92 Å². The molecular formula is C37H42O14. The van der Waals surface area contributed by atoms with Gasteiger partial charge in [-0.15, -0.1) is 0 Å². The zero-order valence-electron chi connectivity index (χ0n) is 29.1. The quantitative estimate of drug-likeness (QED) is 0.143. The Hall–Kier alpha value is -5.11. The Labute approximate surface area is 294 Å². The standard InChI is InChI=1S/C37H42O14/c1-20-11-13-26(14-12-20)48-34-31(44-18-25-9-7-6-8-10-25)28-16-15-27(17-29(28)50-36(34)42)49-37-35(47-24(5)41)33(46-23(4)40)32(45-22(3)39)30(51-37)19-43-21(2)38/h6-10,15-17,20,26,30,32-33,35,37H,11-14,18-19H2,1-5H3/t20?,26?,30-,32-,33+,35+,37+/m1/s1. The zero-order valence-corrected chi connectivity index (χ0v) is 29.1. The van der Waals surface area contributed by atoms with Crippen LogP contribution in [0.4, 0.5) is 0 Å². The summed E-state index contributed by atoms with van der Waals surface area (Å²) in [5.74, 6) is -2.11. The summed E-state index contributed by atoms with van der Waals surface area (Å²) < 4.78 is 52.0. The van der Waals surface area contributed by atoms with E-state index in [1.807, 2.05) is 30.3 Å². The van der Waals surface area contributed by atoms with Crippen LogP contribution in [0.1, 0.15) is 65.9 Å². The average molecular weight is 711 g/mol. The lowest BCUT2D eigenvalue weighted by molar-refractivity contribution is -0.288. The van der Waals surface area contributed by atoms with E-state index in [1.165, 1.54) is 13.0 Å². The molecule has 3 aromatic rings. The van der Waals surface area contributed by atoms with E-state index in [0.29, 0.717) is 11.3 Å². The van der Waals surface area contributed by atoms with Crippen LogP contribution in [0.5, 0.6) is 17.2 Å². The highest BCUT2D eigenvalue weighted by Gasteiger charge is 2.53. The van der Waals surface area contributed by atoms with E-state index < -0.39 is 66.8 Å². The van der Waals surface area contributed by atoms with Gasteiger partial charge in [-0.2, -0.15) is 0 Å². The molecule has 1 aliphatic carbocycles. The summed E-state index contributed by atoms with van der Waals surface area (Å²) in [6.45, 7) is 6.48. The molecular weight excluding hydrogens is 668 g/mol. The molecule has 2 aliphatic rings. The molecule has 1 saturated heterocycles. The SMILES string of the molecule is CC(=O)OC[C@H]1O[C@H](Oc2ccc3c(OCc4ccccc4)c(OC4CCC(C)CC4)c(=O)oc3c2)[C@@H](OC(C)=O)[C@@H](OC(C)=O)[C@@H]1OC(C)=O. The molecule has 0 N–H and O–H groups in total. The summed E-state index contributed by atoms with van der Waals surface area (Å²) in [7, 11) is 0. The Kier molecular flexibility index (Phi) is 12.2. The Bertz CT molecular complexity index is 1760. The van der Waals surface area contributed by atoms with Gasteiger partial charge in [0.1, 0.15) is 30.7 Å². The van der Waals surface area contributed by atoms with Crippen LogP contribution >= 0.6 is 0 Å². The van der Waals surface area contributed by atoms with Gasteiger partial charge in [0.25, 0.3) is 0 Å². The molecule has 2 aromatic carbocycles. The van der Waals surface area contributed by atoms with Gasteiger partial charge in [0.2, 0.25) is 18.1 Å². The lowest BCUT2D eigenvalue weighted by atomic mass is 9.89. The molecule has 1 aliphatic heterocycles. The molecule has 5 rings (SSSR count). The minimum atomic E-state index is -1.49. The summed E-state index contributed by atoms with van der Waals surface area (Å²) in [5.41, 5.74) is 0.226. The van der Waals surface area contributed by atoms with E-state index in [0.717, 1.165) is 52.0 Å². The lowest BCUT2D eigenvalue weighted by Gasteiger charge is -2.43. The molecule has 274 valence electrons. The first-order chi connectivity index (χ1) is 24.4. The fourth-order valence-electron chi connectivity index (χ4n) is 6.12. The lowest BCUT2D eigenvalue weighted by Crippen LogP contribution is -2.63.